The van der Waals surface area contributed by atoms with Crippen LogP contribution in [-0.4, -0.2) is 30.1 Å². The van der Waals surface area contributed by atoms with Crippen molar-refractivity contribution in [1.29, 1.82) is 0 Å². The van der Waals surface area contributed by atoms with Crippen LogP contribution in [0.3, 0.4) is 0 Å². The maximum Gasteiger partial charge on any atom is 0.330 e. The second kappa shape index (κ2) is 9.68. The third-order valence-corrected chi connectivity index (χ3v) is 5.28. The number of aromatic nitrogens is 5. The number of carbonyl (C=O) groups excluding carboxylic acids is 1. The van der Waals surface area contributed by atoms with Crippen molar-refractivity contribution in [3.05, 3.63) is 69.0 Å². The number of ether oxygens (including phenoxy) is 1. The SMILES string of the molecule is CCCCn1c(=O)[nH]c(=O)c2c1nc(COC(=O)Cc1coc(-c3ccccc3)n1)n2CC. The van der Waals surface area contributed by atoms with Gasteiger partial charge in [0.25, 0.3) is 5.56 Å². The normalized spacial score (nSPS) is 11.2. The summed E-state index contributed by atoms with van der Waals surface area (Å²) in [5, 5.41) is 0. The molecule has 0 fully saturated rings. The van der Waals surface area contributed by atoms with Crippen LogP contribution in [0.4, 0.5) is 0 Å². The van der Waals surface area contributed by atoms with E-state index in [0.717, 1.165) is 18.4 Å². The van der Waals surface area contributed by atoms with Crippen LogP contribution in [0.15, 0.2) is 50.6 Å². The molecule has 0 atom stereocenters. The number of hydrogen-bond donors (Lipinski definition) is 1. The van der Waals surface area contributed by atoms with E-state index < -0.39 is 17.2 Å². The van der Waals surface area contributed by atoms with Gasteiger partial charge in [0.1, 0.15) is 18.7 Å². The van der Waals surface area contributed by atoms with Crippen LogP contribution in [0.25, 0.3) is 22.6 Å². The first kappa shape index (κ1) is 22.3. The number of fused-ring (bicyclic) bond motifs is 1. The summed E-state index contributed by atoms with van der Waals surface area (Å²) in [6, 6.07) is 9.38. The summed E-state index contributed by atoms with van der Waals surface area (Å²) in [5.74, 6) is 0.317. The van der Waals surface area contributed by atoms with Gasteiger partial charge in [0, 0.05) is 18.7 Å². The van der Waals surface area contributed by atoms with Crippen molar-refractivity contribution < 1.29 is 13.9 Å². The molecule has 0 saturated heterocycles. The maximum atomic E-state index is 12.5. The van der Waals surface area contributed by atoms with E-state index in [9.17, 15) is 14.4 Å². The highest BCUT2D eigenvalue weighted by Crippen LogP contribution is 2.18. The second-order valence-corrected chi connectivity index (χ2v) is 7.56. The van der Waals surface area contributed by atoms with E-state index in [1.54, 1.807) is 4.57 Å². The minimum absolute atomic E-state index is 0.0650. The van der Waals surface area contributed by atoms with E-state index in [2.05, 4.69) is 15.0 Å². The third-order valence-electron chi connectivity index (χ3n) is 5.28. The first-order valence-corrected chi connectivity index (χ1v) is 10.9. The molecule has 4 rings (SSSR count). The Hall–Kier alpha value is -3.95. The maximum absolute atomic E-state index is 12.5. The summed E-state index contributed by atoms with van der Waals surface area (Å²) in [6.45, 7) is 4.61. The van der Waals surface area contributed by atoms with Crippen LogP contribution >= 0.6 is 0 Å². The number of rotatable bonds is 9. The number of esters is 1. The van der Waals surface area contributed by atoms with E-state index in [4.69, 9.17) is 9.15 Å². The third kappa shape index (κ3) is 4.64. The molecule has 0 unspecified atom stereocenters. The number of hydrogen-bond acceptors (Lipinski definition) is 7. The average molecular weight is 451 g/mol. The van der Waals surface area contributed by atoms with Crippen molar-refractivity contribution in [3.8, 4) is 11.5 Å². The molecule has 33 heavy (non-hydrogen) atoms. The van der Waals surface area contributed by atoms with Gasteiger partial charge in [0.2, 0.25) is 5.89 Å². The Morgan fingerprint density at radius 3 is 2.64 bits per heavy atom. The van der Waals surface area contributed by atoms with Gasteiger partial charge in [-0.05, 0) is 25.5 Å². The van der Waals surface area contributed by atoms with Crippen LogP contribution in [-0.2, 0) is 35.6 Å². The van der Waals surface area contributed by atoms with E-state index >= 15 is 0 Å². The number of unbranched alkanes of at least 4 members (excludes halogenated alkanes) is 1. The smallest absolute Gasteiger partial charge is 0.330 e. The topological polar surface area (TPSA) is 125 Å². The Morgan fingerprint density at radius 2 is 1.91 bits per heavy atom. The summed E-state index contributed by atoms with van der Waals surface area (Å²) in [4.78, 5) is 48.3. The molecular weight excluding hydrogens is 426 g/mol. The number of carbonyl (C=O) groups is 1. The van der Waals surface area contributed by atoms with E-state index in [0.29, 0.717) is 41.7 Å². The van der Waals surface area contributed by atoms with Crippen molar-refractivity contribution in [2.45, 2.75) is 52.8 Å². The Kier molecular flexibility index (Phi) is 6.53. The molecule has 10 nitrogen and oxygen atoms in total. The van der Waals surface area contributed by atoms with Gasteiger partial charge >= 0.3 is 11.7 Å². The number of aromatic amines is 1. The van der Waals surface area contributed by atoms with Gasteiger partial charge in [-0.2, -0.15) is 0 Å². The highest BCUT2D eigenvalue weighted by atomic mass is 16.5. The molecule has 1 aromatic carbocycles. The van der Waals surface area contributed by atoms with Gasteiger partial charge in [-0.1, -0.05) is 31.5 Å². The van der Waals surface area contributed by atoms with E-state index in [1.165, 1.54) is 10.8 Å². The number of H-pyrrole nitrogens is 1. The van der Waals surface area contributed by atoms with Crippen molar-refractivity contribution >= 4 is 17.1 Å². The average Bonchev–Trinajstić information content (AvgIpc) is 3.43. The molecule has 3 heterocycles. The zero-order valence-electron chi connectivity index (χ0n) is 18.5. The molecule has 172 valence electrons. The lowest BCUT2D eigenvalue weighted by Crippen LogP contribution is -2.31. The van der Waals surface area contributed by atoms with Crippen molar-refractivity contribution in [1.82, 2.24) is 24.1 Å². The minimum Gasteiger partial charge on any atom is -0.457 e. The Balaban J connectivity index is 1.51. The van der Waals surface area contributed by atoms with Crippen molar-refractivity contribution in [3.63, 3.8) is 0 Å². The van der Waals surface area contributed by atoms with Gasteiger partial charge in [-0.25, -0.2) is 14.8 Å². The highest BCUT2D eigenvalue weighted by molar-refractivity contribution is 5.73. The lowest BCUT2D eigenvalue weighted by molar-refractivity contribution is -0.144. The zero-order valence-corrected chi connectivity index (χ0v) is 18.5. The molecule has 0 radical (unpaired) electrons. The number of oxazole rings is 1. The van der Waals surface area contributed by atoms with Crippen LogP contribution < -0.4 is 11.2 Å². The largest absolute Gasteiger partial charge is 0.457 e. The number of benzene rings is 1. The second-order valence-electron chi connectivity index (χ2n) is 7.56. The monoisotopic (exact) mass is 451 g/mol. The van der Waals surface area contributed by atoms with Crippen LogP contribution in [0.2, 0.25) is 0 Å². The predicted molar refractivity (Wildman–Crippen MR) is 121 cm³/mol. The number of nitrogens with zero attached hydrogens (tertiary/aromatic N) is 4. The molecule has 0 aliphatic rings. The Bertz CT molecular complexity index is 1380. The predicted octanol–water partition coefficient (Wildman–Crippen LogP) is 2.65. The molecule has 0 bridgehead atoms. The molecule has 4 aromatic rings. The molecular formula is C23H25N5O5. The summed E-state index contributed by atoms with van der Waals surface area (Å²) in [5.41, 5.74) is 0.856. The highest BCUT2D eigenvalue weighted by Gasteiger charge is 2.19. The standard InChI is InChI=1S/C23H25N5O5/c1-3-5-11-28-20-19(21(30)26-23(28)31)27(4-2)17(25-20)14-32-18(29)12-16-13-33-22(24-16)15-9-7-6-8-10-15/h6-10,13H,3-5,11-12,14H2,1-2H3,(H,26,30,31). The van der Waals surface area contributed by atoms with Crippen LogP contribution in [0, 0.1) is 0 Å². The summed E-state index contributed by atoms with van der Waals surface area (Å²) < 4.78 is 14.0. The fourth-order valence-electron chi connectivity index (χ4n) is 3.64. The van der Waals surface area contributed by atoms with Gasteiger partial charge in [0.15, 0.2) is 11.2 Å². The number of nitrogens with one attached hydrogen (secondary N) is 1. The molecule has 0 saturated carbocycles. The minimum atomic E-state index is -0.509. The lowest BCUT2D eigenvalue weighted by Gasteiger charge is -2.07. The molecule has 0 aliphatic carbocycles. The summed E-state index contributed by atoms with van der Waals surface area (Å²) >= 11 is 0. The molecule has 3 aromatic heterocycles. The number of imidazole rings is 1. The fourth-order valence-corrected chi connectivity index (χ4v) is 3.64. The fraction of sp³-hybridized carbons (Fsp3) is 0.348. The van der Waals surface area contributed by atoms with E-state index in [1.807, 2.05) is 44.2 Å². The molecule has 1 N–H and O–H groups in total. The molecule has 0 spiro atoms. The molecule has 0 aliphatic heterocycles. The van der Waals surface area contributed by atoms with E-state index in [-0.39, 0.29) is 13.0 Å². The van der Waals surface area contributed by atoms with Crippen molar-refractivity contribution in [2.24, 2.45) is 0 Å². The lowest BCUT2D eigenvalue weighted by atomic mass is 10.2. The van der Waals surface area contributed by atoms with Crippen LogP contribution in [0.5, 0.6) is 0 Å². The van der Waals surface area contributed by atoms with Gasteiger partial charge in [0.05, 0.1) is 12.1 Å². The van der Waals surface area contributed by atoms with Gasteiger partial charge in [-0.15, -0.1) is 0 Å². The summed E-state index contributed by atoms with van der Waals surface area (Å²) in [6.07, 6.45) is 3.02. The first-order valence-electron chi connectivity index (χ1n) is 10.9. The van der Waals surface area contributed by atoms with Crippen LogP contribution in [0.1, 0.15) is 38.2 Å². The number of aryl methyl sites for hydroxylation is 2. The van der Waals surface area contributed by atoms with Crippen molar-refractivity contribution in [2.75, 3.05) is 0 Å². The summed E-state index contributed by atoms with van der Waals surface area (Å²) in [7, 11) is 0. The Morgan fingerprint density at radius 1 is 1.12 bits per heavy atom. The molecule has 0 amide bonds. The Labute approximate surface area is 188 Å². The van der Waals surface area contributed by atoms with Gasteiger partial charge < -0.3 is 13.7 Å². The zero-order chi connectivity index (χ0) is 23.4. The quantitative estimate of drug-likeness (QED) is 0.388. The van der Waals surface area contributed by atoms with Gasteiger partial charge in [-0.3, -0.25) is 19.1 Å². The first-order chi connectivity index (χ1) is 16.0. The molecule has 10 heteroatoms.